The van der Waals surface area contributed by atoms with Crippen molar-refractivity contribution in [2.24, 2.45) is 5.92 Å². The van der Waals surface area contributed by atoms with Gasteiger partial charge in [-0.2, -0.15) is 0 Å². The zero-order valence-electron chi connectivity index (χ0n) is 23.4. The lowest BCUT2D eigenvalue weighted by Crippen LogP contribution is -2.33. The number of anilines is 1. The molecule has 1 saturated heterocycles. The van der Waals surface area contributed by atoms with E-state index < -0.39 is 10.0 Å². The topological polar surface area (TPSA) is 91.6 Å². The second-order valence-corrected chi connectivity index (χ2v) is 14.2. The Labute approximate surface area is 243 Å². The number of sulfonamides is 1. The smallest absolute Gasteiger partial charge is 0.213 e. The molecule has 2 aliphatic heterocycles. The van der Waals surface area contributed by atoms with E-state index in [-0.39, 0.29) is 11.5 Å². The highest BCUT2D eigenvalue weighted by Crippen LogP contribution is 2.34. The molecule has 40 heavy (non-hydrogen) atoms. The van der Waals surface area contributed by atoms with Gasteiger partial charge in [0.05, 0.1) is 29.4 Å². The van der Waals surface area contributed by atoms with Gasteiger partial charge >= 0.3 is 0 Å². The minimum absolute atomic E-state index is 0.161. The van der Waals surface area contributed by atoms with Crippen LogP contribution in [0, 0.1) is 5.92 Å². The van der Waals surface area contributed by atoms with Crippen molar-refractivity contribution in [3.63, 3.8) is 0 Å². The largest absolute Gasteiger partial charge is 0.507 e. The van der Waals surface area contributed by atoms with Crippen molar-refractivity contribution in [3.8, 4) is 17.0 Å². The summed E-state index contributed by atoms with van der Waals surface area (Å²) in [5.41, 5.74) is 5.03. The minimum atomic E-state index is -3.15. The number of hydrogen-bond acceptors (Lipinski definition) is 7. The number of thiazole rings is 1. The Morgan fingerprint density at radius 3 is 2.75 bits per heavy atom. The van der Waals surface area contributed by atoms with Crippen molar-refractivity contribution < 1.29 is 13.5 Å². The lowest BCUT2D eigenvalue weighted by Gasteiger charge is -2.20. The summed E-state index contributed by atoms with van der Waals surface area (Å²) in [6, 6.07) is 5.57. The number of fused-ring (bicyclic) bond motifs is 1. The molecule has 1 N–H and O–H groups in total. The molecule has 4 heterocycles. The van der Waals surface area contributed by atoms with Crippen molar-refractivity contribution in [2.75, 3.05) is 30.8 Å². The van der Waals surface area contributed by atoms with E-state index in [0.29, 0.717) is 25.6 Å². The molecule has 0 saturated carbocycles. The maximum atomic E-state index is 12.4. The van der Waals surface area contributed by atoms with Gasteiger partial charge in [-0.05, 0) is 67.6 Å². The molecule has 1 aromatic carbocycles. The van der Waals surface area contributed by atoms with Gasteiger partial charge in [0.1, 0.15) is 11.6 Å². The van der Waals surface area contributed by atoms with E-state index in [9.17, 15) is 13.5 Å². The lowest BCUT2D eigenvalue weighted by molar-refractivity contribution is 0.420. The quantitative estimate of drug-likeness (QED) is 0.374. The summed E-state index contributed by atoms with van der Waals surface area (Å²) < 4.78 is 28.8. The zero-order chi connectivity index (χ0) is 28.4. The molecule has 0 aliphatic carbocycles. The minimum Gasteiger partial charge on any atom is -0.507 e. The van der Waals surface area contributed by atoms with E-state index in [2.05, 4.69) is 43.9 Å². The third kappa shape index (κ3) is 6.05. The van der Waals surface area contributed by atoms with Gasteiger partial charge in [-0.1, -0.05) is 25.1 Å². The summed E-state index contributed by atoms with van der Waals surface area (Å²) >= 11 is 1.56. The van der Waals surface area contributed by atoms with Gasteiger partial charge < -0.3 is 14.6 Å². The first-order valence-electron chi connectivity index (χ1n) is 13.9. The number of phenols is 1. The first-order valence-corrected chi connectivity index (χ1v) is 17.0. The molecule has 2 aliphatic rings. The molecule has 0 spiro atoms. The molecule has 11 heteroatoms. The van der Waals surface area contributed by atoms with Crippen LogP contribution in [0.2, 0.25) is 0 Å². The van der Waals surface area contributed by atoms with E-state index in [0.717, 1.165) is 65.4 Å². The first kappa shape index (κ1) is 29.0. The van der Waals surface area contributed by atoms with Crippen molar-refractivity contribution in [2.45, 2.75) is 52.6 Å². The molecular formula is C29H38N5O3PS2. The molecule has 3 aromatic rings. The van der Waals surface area contributed by atoms with Gasteiger partial charge in [-0.15, -0.1) is 20.6 Å². The van der Waals surface area contributed by atoms with Crippen LogP contribution >= 0.6 is 20.6 Å². The van der Waals surface area contributed by atoms with Gasteiger partial charge in [0.15, 0.2) is 5.13 Å². The number of imidazole rings is 1. The molecule has 0 amide bonds. The van der Waals surface area contributed by atoms with E-state index in [1.807, 2.05) is 24.6 Å². The predicted octanol–water partition coefficient (Wildman–Crippen LogP) is 4.82. The van der Waals surface area contributed by atoms with Gasteiger partial charge in [-0.25, -0.2) is 22.7 Å². The number of aromatic nitrogens is 3. The van der Waals surface area contributed by atoms with Crippen LogP contribution < -0.4 is 10.2 Å². The van der Waals surface area contributed by atoms with Crippen molar-refractivity contribution >= 4 is 47.1 Å². The molecule has 2 unspecified atom stereocenters. The number of benzene rings is 1. The molecule has 2 atom stereocenters. The molecule has 1 fully saturated rings. The molecule has 5 rings (SSSR count). The van der Waals surface area contributed by atoms with Crippen LogP contribution in [0.25, 0.3) is 17.3 Å². The summed E-state index contributed by atoms with van der Waals surface area (Å²) in [4.78, 5) is 11.9. The predicted molar refractivity (Wildman–Crippen MR) is 168 cm³/mol. The third-order valence-corrected chi connectivity index (χ3v) is 11.1. The Morgan fingerprint density at radius 1 is 1.18 bits per heavy atom. The van der Waals surface area contributed by atoms with Gasteiger partial charge in [0.25, 0.3) is 0 Å². The number of rotatable bonds is 8. The number of aryl methyl sites for hydroxylation is 1. The Balaban J connectivity index is 1.33. The van der Waals surface area contributed by atoms with E-state index in [4.69, 9.17) is 9.97 Å². The number of nitrogens with zero attached hydrogens (tertiary/aromatic N) is 5. The number of phenolic OH excluding ortho intramolecular Hbond substituents is 1. The van der Waals surface area contributed by atoms with E-state index >= 15 is 0 Å². The van der Waals surface area contributed by atoms with Gasteiger partial charge in [0, 0.05) is 37.6 Å². The Morgan fingerprint density at radius 2 is 2.00 bits per heavy atom. The normalized spacial score (nSPS) is 18.2. The highest BCUT2D eigenvalue weighted by molar-refractivity contribution is 7.89. The zero-order valence-corrected chi connectivity index (χ0v) is 26.2. The Kier molecular flexibility index (Phi) is 8.80. The standard InChI is InChI=1S/C29H38N5O3PS2/c1-4-24-26(18-32(3)29-31-25(19-39-29)23-10-9-22(38)17-27(23)35)34-16-13-21(8-11-28(34)30-24)20-7-6-14-33(15-12-20)40(36,37)5-2/h8-11,13,17,19-20,35H,4-7,12,14-16,18,38H2,1-3H3. The summed E-state index contributed by atoms with van der Waals surface area (Å²) in [7, 11) is 1.49. The molecule has 0 radical (unpaired) electrons. The van der Waals surface area contributed by atoms with E-state index in [1.54, 1.807) is 28.6 Å². The average Bonchev–Trinajstić information content (AvgIpc) is 3.37. The van der Waals surface area contributed by atoms with Gasteiger partial charge in [-0.3, -0.25) is 0 Å². The lowest BCUT2D eigenvalue weighted by atomic mass is 9.91. The molecule has 2 aromatic heterocycles. The fourth-order valence-electron chi connectivity index (χ4n) is 5.57. The highest BCUT2D eigenvalue weighted by Gasteiger charge is 2.26. The Bertz CT molecular complexity index is 1540. The molecular weight excluding hydrogens is 561 g/mol. The SMILES string of the molecule is CCc1nc2n(c1CN(C)c1nc(-c3ccc(P)cc3O)cs1)CC=C(C1CCCN(S(=O)(=O)CC)CC1)C=C2. The second kappa shape index (κ2) is 12.1. The van der Waals surface area contributed by atoms with Crippen LogP contribution in [0.5, 0.6) is 5.75 Å². The maximum absolute atomic E-state index is 12.4. The van der Waals surface area contributed by atoms with Crippen LogP contribution in [-0.4, -0.2) is 58.3 Å². The number of hydrogen-bond donors (Lipinski definition) is 1. The second-order valence-electron chi connectivity index (χ2n) is 10.4. The summed E-state index contributed by atoms with van der Waals surface area (Å²) in [6.07, 6.45) is 10.2. The summed E-state index contributed by atoms with van der Waals surface area (Å²) in [5, 5.41) is 14.2. The highest BCUT2D eigenvalue weighted by atomic mass is 32.2. The van der Waals surface area contributed by atoms with Crippen molar-refractivity contribution in [3.05, 3.63) is 58.5 Å². The third-order valence-electron chi connectivity index (χ3n) is 7.87. The fraction of sp³-hybridized carbons (Fsp3) is 0.448. The number of allylic oxidation sites excluding steroid dienone is 3. The average molecular weight is 600 g/mol. The maximum Gasteiger partial charge on any atom is 0.213 e. The Hall–Kier alpha value is -2.52. The molecule has 0 bridgehead atoms. The fourth-order valence-corrected chi connectivity index (χ4v) is 7.77. The summed E-state index contributed by atoms with van der Waals surface area (Å²) in [6.45, 7) is 6.46. The van der Waals surface area contributed by atoms with Crippen LogP contribution in [0.3, 0.4) is 0 Å². The number of aromatic hydroxyl groups is 1. The van der Waals surface area contributed by atoms with Crippen LogP contribution in [0.15, 0.2) is 41.3 Å². The van der Waals surface area contributed by atoms with E-state index in [1.165, 1.54) is 11.3 Å². The summed E-state index contributed by atoms with van der Waals surface area (Å²) in [5.74, 6) is 1.69. The van der Waals surface area contributed by atoms with Crippen LogP contribution in [-0.2, 0) is 29.5 Å². The van der Waals surface area contributed by atoms with Crippen LogP contribution in [0.1, 0.15) is 50.3 Å². The van der Waals surface area contributed by atoms with Gasteiger partial charge in [0.2, 0.25) is 10.0 Å². The van der Waals surface area contributed by atoms with Crippen LogP contribution in [0.4, 0.5) is 5.13 Å². The molecule has 214 valence electrons. The molecule has 8 nitrogen and oxygen atoms in total. The monoisotopic (exact) mass is 599 g/mol. The van der Waals surface area contributed by atoms with Crippen molar-refractivity contribution in [1.82, 2.24) is 18.8 Å². The van der Waals surface area contributed by atoms with Crippen molar-refractivity contribution in [1.29, 1.82) is 0 Å². The first-order chi connectivity index (χ1) is 19.2.